The first kappa shape index (κ1) is 24.7. The molecule has 0 aromatic heterocycles. The van der Waals surface area contributed by atoms with Crippen LogP contribution in [0.1, 0.15) is 39.1 Å². The summed E-state index contributed by atoms with van der Waals surface area (Å²) >= 11 is 5.86. The van der Waals surface area contributed by atoms with Gasteiger partial charge in [0.25, 0.3) is 0 Å². The molecular formula is C26H22ClNO6. The molecule has 1 amide bonds. The molecule has 0 fully saturated rings. The van der Waals surface area contributed by atoms with Crippen molar-refractivity contribution in [2.45, 2.75) is 19.8 Å². The van der Waals surface area contributed by atoms with Gasteiger partial charge in [-0.25, -0.2) is 4.79 Å². The summed E-state index contributed by atoms with van der Waals surface area (Å²) in [5, 5.41) is 3.11. The van der Waals surface area contributed by atoms with Gasteiger partial charge in [-0.05, 0) is 61.5 Å². The minimum Gasteiger partial charge on any atom is -0.457 e. The Bertz CT molecular complexity index is 1190. The number of aryl methyl sites for hydroxylation is 1. The molecule has 1 N–H and O–H groups in total. The van der Waals surface area contributed by atoms with Crippen molar-refractivity contribution in [3.8, 4) is 5.75 Å². The smallest absolute Gasteiger partial charge is 0.343 e. The van der Waals surface area contributed by atoms with Crippen LogP contribution in [0.3, 0.4) is 0 Å². The lowest BCUT2D eigenvalue weighted by Crippen LogP contribution is -2.17. The first-order valence-electron chi connectivity index (χ1n) is 10.4. The van der Waals surface area contributed by atoms with Gasteiger partial charge in [-0.15, -0.1) is 0 Å². The molecule has 0 unspecified atom stereocenters. The van der Waals surface area contributed by atoms with E-state index >= 15 is 0 Å². The maximum Gasteiger partial charge on any atom is 0.343 e. The van der Waals surface area contributed by atoms with Gasteiger partial charge in [0.15, 0.2) is 12.4 Å². The first-order valence-corrected chi connectivity index (χ1v) is 10.8. The average Bonchev–Trinajstić information content (AvgIpc) is 2.82. The van der Waals surface area contributed by atoms with Crippen molar-refractivity contribution in [2.24, 2.45) is 0 Å². The fourth-order valence-corrected chi connectivity index (χ4v) is 3.06. The third-order valence-corrected chi connectivity index (χ3v) is 4.94. The monoisotopic (exact) mass is 479 g/mol. The van der Waals surface area contributed by atoms with E-state index in [0.29, 0.717) is 21.8 Å². The van der Waals surface area contributed by atoms with Crippen LogP contribution in [-0.2, 0) is 14.3 Å². The minimum absolute atomic E-state index is 0.0966. The standard InChI is InChI=1S/C26H22ClNO6/c1-17-5-7-19(8-6-17)26(32)34-22-11-9-18(10-12-22)23(29)16-33-25(31)14-13-24(30)28-21-4-2-3-20(27)15-21/h2-12,15H,13-14,16H2,1H3,(H,28,30). The zero-order valence-electron chi connectivity index (χ0n) is 18.4. The fraction of sp³-hybridized carbons (Fsp3) is 0.154. The Kier molecular flexibility index (Phi) is 8.54. The molecule has 8 heteroatoms. The third kappa shape index (κ3) is 7.56. The van der Waals surface area contributed by atoms with Gasteiger partial charge in [-0.3, -0.25) is 14.4 Å². The van der Waals surface area contributed by atoms with Crippen molar-refractivity contribution in [1.29, 1.82) is 0 Å². The van der Waals surface area contributed by atoms with Crippen LogP contribution in [0.15, 0.2) is 72.8 Å². The van der Waals surface area contributed by atoms with E-state index in [1.54, 1.807) is 36.4 Å². The molecule has 0 spiro atoms. The van der Waals surface area contributed by atoms with Crippen molar-refractivity contribution in [2.75, 3.05) is 11.9 Å². The molecule has 0 aliphatic heterocycles. The number of Topliss-reactive ketones (excluding diaryl/α,β-unsaturated/α-hetero) is 1. The summed E-state index contributed by atoms with van der Waals surface area (Å²) in [6.07, 6.45) is -0.270. The SMILES string of the molecule is Cc1ccc(C(=O)Oc2ccc(C(=O)COC(=O)CCC(=O)Nc3cccc(Cl)c3)cc2)cc1. The van der Waals surface area contributed by atoms with Crippen LogP contribution in [0.2, 0.25) is 5.02 Å². The largest absolute Gasteiger partial charge is 0.457 e. The summed E-state index contributed by atoms with van der Waals surface area (Å²) < 4.78 is 10.3. The number of carbonyl (C=O) groups excluding carboxylic acids is 4. The number of benzene rings is 3. The number of amides is 1. The molecular weight excluding hydrogens is 458 g/mol. The molecule has 174 valence electrons. The molecule has 0 heterocycles. The Balaban J connectivity index is 1.41. The van der Waals surface area contributed by atoms with Gasteiger partial charge in [0, 0.05) is 22.7 Å². The molecule has 34 heavy (non-hydrogen) atoms. The molecule has 0 atom stereocenters. The predicted molar refractivity (Wildman–Crippen MR) is 127 cm³/mol. The second kappa shape index (κ2) is 11.8. The number of rotatable bonds is 9. The van der Waals surface area contributed by atoms with Gasteiger partial charge in [0.05, 0.1) is 12.0 Å². The summed E-state index contributed by atoms with van der Waals surface area (Å²) in [6.45, 7) is 1.46. The second-order valence-electron chi connectivity index (χ2n) is 7.42. The number of anilines is 1. The highest BCUT2D eigenvalue weighted by Gasteiger charge is 2.13. The van der Waals surface area contributed by atoms with Gasteiger partial charge in [-0.1, -0.05) is 35.4 Å². The van der Waals surface area contributed by atoms with Crippen LogP contribution in [-0.4, -0.2) is 30.2 Å². The minimum atomic E-state index is -0.668. The van der Waals surface area contributed by atoms with Crippen molar-refractivity contribution < 1.29 is 28.7 Å². The lowest BCUT2D eigenvalue weighted by molar-refractivity contribution is -0.143. The molecule has 0 radical (unpaired) electrons. The maximum absolute atomic E-state index is 12.3. The van der Waals surface area contributed by atoms with Crippen molar-refractivity contribution in [3.63, 3.8) is 0 Å². The molecule has 0 aliphatic rings. The van der Waals surface area contributed by atoms with Crippen molar-refractivity contribution in [1.82, 2.24) is 0 Å². The normalized spacial score (nSPS) is 10.3. The van der Waals surface area contributed by atoms with E-state index in [4.69, 9.17) is 21.1 Å². The molecule has 0 saturated carbocycles. The van der Waals surface area contributed by atoms with Crippen molar-refractivity contribution >= 4 is 40.9 Å². The molecule has 3 rings (SSSR count). The van der Waals surface area contributed by atoms with Gasteiger partial charge in [0.2, 0.25) is 5.91 Å². The lowest BCUT2D eigenvalue weighted by Gasteiger charge is -2.07. The Morgan fingerprint density at radius 1 is 0.853 bits per heavy atom. The highest BCUT2D eigenvalue weighted by molar-refractivity contribution is 6.30. The number of carbonyl (C=O) groups is 4. The lowest BCUT2D eigenvalue weighted by atomic mass is 10.1. The number of hydrogen-bond donors (Lipinski definition) is 1. The summed E-state index contributed by atoms with van der Waals surface area (Å²) in [5.74, 6) is -1.69. The number of ketones is 1. The Morgan fingerprint density at radius 2 is 1.53 bits per heavy atom. The first-order chi connectivity index (χ1) is 16.3. The van der Waals surface area contributed by atoms with E-state index in [9.17, 15) is 19.2 Å². The molecule has 3 aromatic carbocycles. The number of hydrogen-bond acceptors (Lipinski definition) is 6. The van der Waals surface area contributed by atoms with Gasteiger partial charge < -0.3 is 14.8 Å². The summed E-state index contributed by atoms with van der Waals surface area (Å²) in [7, 11) is 0. The van der Waals surface area contributed by atoms with Crippen molar-refractivity contribution in [3.05, 3.63) is 94.5 Å². The number of nitrogens with one attached hydrogen (secondary N) is 1. The molecule has 0 saturated heterocycles. The third-order valence-electron chi connectivity index (χ3n) is 4.70. The highest BCUT2D eigenvalue weighted by Crippen LogP contribution is 2.16. The van der Waals surface area contributed by atoms with Crippen LogP contribution < -0.4 is 10.1 Å². The fourth-order valence-electron chi connectivity index (χ4n) is 2.87. The summed E-state index contributed by atoms with van der Waals surface area (Å²) in [4.78, 5) is 48.3. The predicted octanol–water partition coefficient (Wildman–Crippen LogP) is 5.01. The number of ether oxygens (including phenoxy) is 2. The molecule has 3 aromatic rings. The van der Waals surface area contributed by atoms with E-state index in [2.05, 4.69) is 5.32 Å². The van der Waals surface area contributed by atoms with E-state index < -0.39 is 24.3 Å². The van der Waals surface area contributed by atoms with Gasteiger partial charge in [0.1, 0.15) is 5.75 Å². The highest BCUT2D eigenvalue weighted by atomic mass is 35.5. The zero-order valence-corrected chi connectivity index (χ0v) is 19.1. The van der Waals surface area contributed by atoms with Crippen LogP contribution in [0.5, 0.6) is 5.75 Å². The van der Waals surface area contributed by atoms with Gasteiger partial charge >= 0.3 is 11.9 Å². The average molecular weight is 480 g/mol. The van der Waals surface area contributed by atoms with Crippen LogP contribution in [0, 0.1) is 6.92 Å². The van der Waals surface area contributed by atoms with E-state index in [-0.39, 0.29) is 24.5 Å². The van der Waals surface area contributed by atoms with E-state index in [1.807, 2.05) is 19.1 Å². The quantitative estimate of drug-likeness (QED) is 0.263. The summed E-state index contributed by atoms with van der Waals surface area (Å²) in [6, 6.07) is 19.5. The van der Waals surface area contributed by atoms with E-state index in [0.717, 1.165) is 5.56 Å². The Morgan fingerprint density at radius 3 is 2.21 bits per heavy atom. The van der Waals surface area contributed by atoms with Crippen LogP contribution in [0.25, 0.3) is 0 Å². The summed E-state index contributed by atoms with van der Waals surface area (Å²) in [5.41, 5.74) is 2.26. The zero-order chi connectivity index (χ0) is 24.5. The van der Waals surface area contributed by atoms with Crippen LogP contribution >= 0.6 is 11.6 Å². The maximum atomic E-state index is 12.3. The number of halogens is 1. The second-order valence-corrected chi connectivity index (χ2v) is 7.86. The Hall–Kier alpha value is -3.97. The van der Waals surface area contributed by atoms with E-state index in [1.165, 1.54) is 24.3 Å². The molecule has 0 aliphatic carbocycles. The van der Waals surface area contributed by atoms with Crippen LogP contribution in [0.4, 0.5) is 5.69 Å². The number of esters is 2. The Labute approximate surface area is 201 Å². The molecule has 0 bridgehead atoms. The topological polar surface area (TPSA) is 98.8 Å². The molecule has 7 nitrogen and oxygen atoms in total. The van der Waals surface area contributed by atoms with Gasteiger partial charge in [-0.2, -0.15) is 0 Å².